The Balaban J connectivity index is 1.30. The number of hydrogen-bond acceptors (Lipinski definition) is 8. The summed E-state index contributed by atoms with van der Waals surface area (Å²) in [6.07, 6.45) is 1.27. The summed E-state index contributed by atoms with van der Waals surface area (Å²) >= 11 is 13.1. The molecular weight excluding hydrogens is 633 g/mol. The summed E-state index contributed by atoms with van der Waals surface area (Å²) < 4.78 is 0.693. The number of benzene rings is 2. The average Bonchev–Trinajstić information content (AvgIpc) is 3.37. The zero-order valence-corrected chi connectivity index (χ0v) is 29.0. The van der Waals surface area contributed by atoms with E-state index in [0.717, 1.165) is 68.3 Å². The van der Waals surface area contributed by atoms with Gasteiger partial charge in [-0.3, -0.25) is 29.0 Å². The quantitative estimate of drug-likeness (QED) is 0.216. The molecule has 0 spiro atoms. The minimum Gasteiger partial charge on any atom is -0.326 e. The fourth-order valence-corrected chi connectivity index (χ4v) is 8.18. The van der Waals surface area contributed by atoms with Crippen LogP contribution in [0.25, 0.3) is 0 Å². The Bertz CT molecular complexity index is 1450. The van der Waals surface area contributed by atoms with E-state index in [4.69, 9.17) is 24.4 Å². The first kappa shape index (κ1) is 33.8. The van der Waals surface area contributed by atoms with Crippen molar-refractivity contribution >= 4 is 91.6 Å². The zero-order chi connectivity index (χ0) is 32.3. The molecule has 0 aliphatic carbocycles. The summed E-state index contributed by atoms with van der Waals surface area (Å²) in [5, 5.41) is 5.96. The van der Waals surface area contributed by atoms with Crippen molar-refractivity contribution in [3.05, 3.63) is 67.5 Å². The van der Waals surface area contributed by atoms with Gasteiger partial charge in [-0.15, -0.1) is 0 Å². The Labute approximate surface area is 277 Å². The van der Waals surface area contributed by atoms with Crippen molar-refractivity contribution in [2.45, 2.75) is 67.2 Å². The Morgan fingerprint density at radius 2 is 0.955 bits per heavy atom. The zero-order valence-electron chi connectivity index (χ0n) is 25.7. The number of amides is 4. The topological polar surface area (TPSA) is 98.8 Å². The summed E-state index contributed by atoms with van der Waals surface area (Å²) in [5.74, 6) is -0.975. The van der Waals surface area contributed by atoms with Gasteiger partial charge in [-0.25, -0.2) is 0 Å². The van der Waals surface area contributed by atoms with E-state index in [0.29, 0.717) is 21.5 Å². The summed E-state index contributed by atoms with van der Waals surface area (Å²) in [5.41, 5.74) is 7.89. The van der Waals surface area contributed by atoms with Gasteiger partial charge in [0, 0.05) is 37.3 Å². The van der Waals surface area contributed by atoms with E-state index >= 15 is 0 Å². The van der Waals surface area contributed by atoms with Crippen LogP contribution in [0, 0.1) is 41.5 Å². The fraction of sp³-hybridized carbons (Fsp3) is 0.375. The lowest BCUT2D eigenvalue weighted by atomic mass is 10.0. The molecule has 4 amide bonds. The van der Waals surface area contributed by atoms with Crippen molar-refractivity contribution in [2.24, 2.45) is 0 Å². The first-order valence-electron chi connectivity index (χ1n) is 14.3. The average molecular weight is 669 g/mol. The molecule has 0 aromatic heterocycles. The predicted octanol–water partition coefficient (Wildman–Crippen LogP) is 6.61. The molecule has 2 aliphatic heterocycles. The van der Waals surface area contributed by atoms with Crippen LogP contribution in [0.5, 0.6) is 0 Å². The van der Waals surface area contributed by atoms with E-state index in [1.165, 1.54) is 9.80 Å². The second kappa shape index (κ2) is 14.4. The molecule has 2 aromatic rings. The van der Waals surface area contributed by atoms with Crippen molar-refractivity contribution < 1.29 is 19.2 Å². The molecule has 0 bridgehead atoms. The summed E-state index contributed by atoms with van der Waals surface area (Å²) in [6.45, 7) is 12.4. The van der Waals surface area contributed by atoms with Gasteiger partial charge >= 0.3 is 0 Å². The molecule has 0 unspecified atom stereocenters. The molecule has 2 fully saturated rings. The van der Waals surface area contributed by atoms with Crippen molar-refractivity contribution in [3.8, 4) is 0 Å². The molecule has 2 heterocycles. The first-order valence-corrected chi connectivity index (χ1v) is 16.8. The molecule has 8 nitrogen and oxygen atoms in total. The monoisotopic (exact) mass is 668 g/mol. The Hall–Kier alpha value is -3.06. The number of thiocarbonyl (C=S) groups is 2. The third-order valence-corrected chi connectivity index (χ3v) is 10.4. The second-order valence-corrected chi connectivity index (χ2v) is 14.4. The van der Waals surface area contributed by atoms with E-state index in [-0.39, 0.29) is 59.4 Å². The lowest BCUT2D eigenvalue weighted by Crippen LogP contribution is -2.31. The van der Waals surface area contributed by atoms with Gasteiger partial charge < -0.3 is 10.6 Å². The molecule has 2 aromatic carbocycles. The van der Waals surface area contributed by atoms with Crippen LogP contribution in [0.2, 0.25) is 0 Å². The van der Waals surface area contributed by atoms with Crippen LogP contribution in [-0.4, -0.2) is 55.2 Å². The van der Waals surface area contributed by atoms with E-state index in [1.54, 1.807) is 0 Å². The fourth-order valence-electron chi connectivity index (χ4n) is 5.41. The van der Waals surface area contributed by atoms with Crippen LogP contribution in [0.4, 0.5) is 11.4 Å². The first-order chi connectivity index (χ1) is 20.8. The largest absolute Gasteiger partial charge is 0.326 e. The predicted molar refractivity (Wildman–Crippen MR) is 188 cm³/mol. The summed E-state index contributed by atoms with van der Waals surface area (Å²) in [6, 6.07) is 8.10. The SMILES string of the molecule is Cc1cc(C)c(NC(=O)CCCN2C(=O)C(=C3SC(=S)N(CCCC(=O)Nc4c(C)cc(C)cc4C)C3=O)SC2=S)c(C)c1. The van der Waals surface area contributed by atoms with Crippen LogP contribution in [0.15, 0.2) is 34.1 Å². The van der Waals surface area contributed by atoms with Crippen molar-refractivity contribution in [3.63, 3.8) is 0 Å². The van der Waals surface area contributed by atoms with Gasteiger partial charge in [0.05, 0.1) is 9.81 Å². The number of carbonyl (C=O) groups is 4. The van der Waals surface area contributed by atoms with Gasteiger partial charge in [0.25, 0.3) is 11.8 Å². The highest BCUT2D eigenvalue weighted by atomic mass is 32.2. The molecular formula is C32H36N4O4S4. The number of hydrogen-bond donors (Lipinski definition) is 2. The molecule has 0 radical (unpaired) electrons. The van der Waals surface area contributed by atoms with Crippen molar-refractivity contribution in [1.82, 2.24) is 9.80 Å². The Morgan fingerprint density at radius 3 is 1.27 bits per heavy atom. The Kier molecular flexibility index (Phi) is 11.0. The number of anilines is 2. The van der Waals surface area contributed by atoms with E-state index in [9.17, 15) is 19.2 Å². The molecule has 12 heteroatoms. The highest BCUT2D eigenvalue weighted by Gasteiger charge is 2.41. The van der Waals surface area contributed by atoms with Gasteiger partial charge in [0.1, 0.15) is 8.64 Å². The van der Waals surface area contributed by atoms with Crippen LogP contribution >= 0.6 is 48.0 Å². The minimum atomic E-state index is -0.352. The molecule has 2 N–H and O–H groups in total. The molecule has 2 aliphatic rings. The second-order valence-electron chi connectivity index (χ2n) is 11.2. The Morgan fingerprint density at radius 1 is 0.636 bits per heavy atom. The lowest BCUT2D eigenvalue weighted by molar-refractivity contribution is -0.124. The number of aryl methyl sites for hydroxylation is 6. The minimum absolute atomic E-state index is 0.135. The molecule has 4 rings (SSSR count). The van der Waals surface area contributed by atoms with Crippen molar-refractivity contribution in [2.75, 3.05) is 23.7 Å². The standard InChI is InChI=1S/C32H36N4O4S4/c1-17-13-19(3)25(20(4)14-17)33-23(37)9-7-11-35-29(39)27(43-31(35)41)28-30(40)36(32(42)44-28)12-8-10-24(38)34-26-21(5)15-18(2)16-22(26)6/h13-16H,7-12H2,1-6H3,(H,33,37)(H,34,38). The maximum absolute atomic E-state index is 13.3. The van der Waals surface area contributed by atoms with E-state index in [2.05, 4.69) is 10.6 Å². The molecule has 44 heavy (non-hydrogen) atoms. The number of thioether (sulfide) groups is 2. The third kappa shape index (κ3) is 7.77. The van der Waals surface area contributed by atoms with Gasteiger partial charge in [0.15, 0.2) is 0 Å². The normalized spacial score (nSPS) is 16.8. The number of nitrogens with zero attached hydrogens (tertiary/aromatic N) is 2. The lowest BCUT2D eigenvalue weighted by Gasteiger charge is -2.16. The van der Waals surface area contributed by atoms with Crippen LogP contribution in [0.1, 0.15) is 59.1 Å². The van der Waals surface area contributed by atoms with E-state index in [1.807, 2.05) is 65.8 Å². The third-order valence-electron chi connectivity index (χ3n) is 7.36. The number of nitrogens with one attached hydrogen (secondary N) is 2. The van der Waals surface area contributed by atoms with Crippen LogP contribution in [0.3, 0.4) is 0 Å². The van der Waals surface area contributed by atoms with Crippen LogP contribution in [-0.2, 0) is 19.2 Å². The summed E-state index contributed by atoms with van der Waals surface area (Å²) in [7, 11) is 0. The smallest absolute Gasteiger partial charge is 0.267 e. The molecule has 0 atom stereocenters. The molecule has 0 saturated carbocycles. The number of carbonyl (C=O) groups excluding carboxylic acids is 4. The van der Waals surface area contributed by atoms with Gasteiger partial charge in [-0.05, 0) is 76.6 Å². The summed E-state index contributed by atoms with van der Waals surface area (Å²) in [4.78, 5) is 55.2. The number of rotatable bonds is 10. The van der Waals surface area contributed by atoms with Gasteiger partial charge in [-0.2, -0.15) is 0 Å². The highest BCUT2D eigenvalue weighted by molar-refractivity contribution is 8.29. The maximum atomic E-state index is 13.3. The molecule has 232 valence electrons. The van der Waals surface area contributed by atoms with Crippen LogP contribution < -0.4 is 10.6 Å². The maximum Gasteiger partial charge on any atom is 0.267 e. The van der Waals surface area contributed by atoms with Gasteiger partial charge in [0.2, 0.25) is 11.8 Å². The van der Waals surface area contributed by atoms with Gasteiger partial charge in [-0.1, -0.05) is 83.4 Å². The highest BCUT2D eigenvalue weighted by Crippen LogP contribution is 2.42. The van der Waals surface area contributed by atoms with Crippen molar-refractivity contribution in [1.29, 1.82) is 0 Å². The molecule has 2 saturated heterocycles. The van der Waals surface area contributed by atoms with E-state index < -0.39 is 0 Å².